The van der Waals surface area contributed by atoms with E-state index in [-0.39, 0.29) is 23.6 Å². The smallest absolute Gasteiger partial charge is 0.305 e. The highest BCUT2D eigenvalue weighted by molar-refractivity contribution is 6.30. The monoisotopic (exact) mass is 273 g/mol. The molecule has 1 N–H and O–H groups in total. The molecule has 98 valence electrons. The number of benzene rings is 1. The molecule has 1 rings (SSSR count). The molecule has 1 amide bonds. The number of amides is 1. The third-order valence-electron chi connectivity index (χ3n) is 2.43. The van der Waals surface area contributed by atoms with Gasteiger partial charge in [-0.15, -0.1) is 0 Å². The first-order chi connectivity index (χ1) is 8.45. The molecule has 0 fully saturated rings. The maximum Gasteiger partial charge on any atom is 0.305 e. The van der Waals surface area contributed by atoms with Crippen LogP contribution in [0.4, 0.5) is 4.39 Å². The first-order valence-electron chi connectivity index (χ1n) is 5.41. The third-order valence-corrected chi connectivity index (χ3v) is 2.74. The summed E-state index contributed by atoms with van der Waals surface area (Å²) in [6.07, 6.45) is -0.143. The van der Waals surface area contributed by atoms with Gasteiger partial charge in [0.05, 0.1) is 11.4 Å². The molecule has 0 radical (unpaired) electrons. The lowest BCUT2D eigenvalue weighted by Gasteiger charge is -2.20. The number of carbonyl (C=O) groups is 2. The number of halogens is 2. The van der Waals surface area contributed by atoms with Crippen molar-refractivity contribution in [2.45, 2.75) is 13.3 Å². The van der Waals surface area contributed by atoms with Crippen molar-refractivity contribution in [2.75, 3.05) is 13.1 Å². The first kappa shape index (κ1) is 14.4. The number of hydrogen-bond donors (Lipinski definition) is 1. The number of nitrogens with zero attached hydrogens (tertiary/aromatic N) is 1. The van der Waals surface area contributed by atoms with Crippen LogP contribution in [0.25, 0.3) is 0 Å². The van der Waals surface area contributed by atoms with Gasteiger partial charge >= 0.3 is 5.97 Å². The van der Waals surface area contributed by atoms with E-state index in [2.05, 4.69) is 0 Å². The molecular weight excluding hydrogens is 261 g/mol. The first-order valence-corrected chi connectivity index (χ1v) is 5.79. The molecule has 0 aliphatic carbocycles. The van der Waals surface area contributed by atoms with Gasteiger partial charge in [-0.3, -0.25) is 9.59 Å². The molecule has 0 aliphatic heterocycles. The Morgan fingerprint density at radius 1 is 1.44 bits per heavy atom. The Balaban J connectivity index is 2.82. The van der Waals surface area contributed by atoms with E-state index in [0.29, 0.717) is 6.54 Å². The number of aliphatic carboxylic acids is 1. The van der Waals surface area contributed by atoms with Gasteiger partial charge in [-0.25, -0.2) is 4.39 Å². The van der Waals surface area contributed by atoms with Crippen LogP contribution in [0.15, 0.2) is 18.2 Å². The fourth-order valence-electron chi connectivity index (χ4n) is 1.45. The normalized spacial score (nSPS) is 10.2. The maximum absolute atomic E-state index is 13.2. The van der Waals surface area contributed by atoms with Gasteiger partial charge in [0.25, 0.3) is 5.91 Å². The van der Waals surface area contributed by atoms with Crippen LogP contribution in [0.5, 0.6) is 0 Å². The van der Waals surface area contributed by atoms with Gasteiger partial charge in [-0.05, 0) is 25.1 Å². The van der Waals surface area contributed by atoms with Gasteiger partial charge in [-0.1, -0.05) is 11.6 Å². The number of carbonyl (C=O) groups excluding carboxylic acids is 1. The van der Waals surface area contributed by atoms with Crippen molar-refractivity contribution in [1.82, 2.24) is 4.90 Å². The fraction of sp³-hybridized carbons (Fsp3) is 0.333. The molecule has 6 heteroatoms. The van der Waals surface area contributed by atoms with E-state index in [1.807, 2.05) is 0 Å². The minimum atomic E-state index is -0.983. The van der Waals surface area contributed by atoms with E-state index in [0.717, 1.165) is 6.07 Å². The second kappa shape index (κ2) is 6.35. The molecule has 18 heavy (non-hydrogen) atoms. The Morgan fingerprint density at radius 2 is 2.11 bits per heavy atom. The van der Waals surface area contributed by atoms with Crippen LogP contribution in [0.1, 0.15) is 23.7 Å². The topological polar surface area (TPSA) is 57.6 Å². The zero-order chi connectivity index (χ0) is 13.7. The van der Waals surface area contributed by atoms with Gasteiger partial charge in [0.15, 0.2) is 0 Å². The molecule has 0 spiro atoms. The van der Waals surface area contributed by atoms with E-state index < -0.39 is 17.7 Å². The van der Waals surface area contributed by atoms with E-state index in [4.69, 9.17) is 16.7 Å². The SMILES string of the molecule is CCN(CCC(=O)O)C(=O)c1ccc(Cl)c(F)c1. The van der Waals surface area contributed by atoms with E-state index in [1.165, 1.54) is 17.0 Å². The molecule has 0 saturated heterocycles. The summed E-state index contributed by atoms with van der Waals surface area (Å²) in [5.74, 6) is -2.06. The molecular formula is C12H13ClFNO3. The van der Waals surface area contributed by atoms with Crippen LogP contribution in [0.3, 0.4) is 0 Å². The summed E-state index contributed by atoms with van der Waals surface area (Å²) in [7, 11) is 0. The Bertz CT molecular complexity index is 465. The third kappa shape index (κ3) is 3.70. The van der Waals surface area contributed by atoms with Gasteiger partial charge in [0.1, 0.15) is 5.82 Å². The van der Waals surface area contributed by atoms with Crippen molar-refractivity contribution in [3.8, 4) is 0 Å². The largest absolute Gasteiger partial charge is 0.481 e. The van der Waals surface area contributed by atoms with Gasteiger partial charge in [0, 0.05) is 18.7 Å². The van der Waals surface area contributed by atoms with E-state index in [9.17, 15) is 14.0 Å². The summed E-state index contributed by atoms with van der Waals surface area (Å²) in [4.78, 5) is 23.8. The Kier molecular flexibility index (Phi) is 5.09. The molecule has 4 nitrogen and oxygen atoms in total. The van der Waals surface area contributed by atoms with Crippen LogP contribution < -0.4 is 0 Å². The standard InChI is InChI=1S/C12H13ClFNO3/c1-2-15(6-5-11(16)17)12(18)8-3-4-9(13)10(14)7-8/h3-4,7H,2,5-6H2,1H3,(H,16,17). The van der Waals surface area contributed by atoms with E-state index >= 15 is 0 Å². The average molecular weight is 274 g/mol. The molecule has 1 aromatic rings. The summed E-state index contributed by atoms with van der Waals surface area (Å²) in [5, 5.41) is 8.52. The minimum Gasteiger partial charge on any atom is -0.481 e. The molecule has 0 aliphatic rings. The van der Waals surface area contributed by atoms with Gasteiger partial charge < -0.3 is 10.0 Å². The molecule has 0 aromatic heterocycles. The van der Waals surface area contributed by atoms with Crippen LogP contribution in [0.2, 0.25) is 5.02 Å². The lowest BCUT2D eigenvalue weighted by atomic mass is 10.2. The molecule has 1 aromatic carbocycles. The van der Waals surface area contributed by atoms with Crippen molar-refractivity contribution in [3.05, 3.63) is 34.6 Å². The zero-order valence-electron chi connectivity index (χ0n) is 9.82. The highest BCUT2D eigenvalue weighted by Crippen LogP contribution is 2.16. The quantitative estimate of drug-likeness (QED) is 0.896. The second-order valence-corrected chi connectivity index (χ2v) is 4.06. The number of rotatable bonds is 5. The van der Waals surface area contributed by atoms with Crippen molar-refractivity contribution in [2.24, 2.45) is 0 Å². The fourth-order valence-corrected chi connectivity index (χ4v) is 1.56. The van der Waals surface area contributed by atoms with Crippen molar-refractivity contribution >= 4 is 23.5 Å². The molecule has 0 saturated carbocycles. The summed E-state index contributed by atoms with van der Waals surface area (Å²) in [6, 6.07) is 3.76. The highest BCUT2D eigenvalue weighted by atomic mass is 35.5. The number of carboxylic acid groups (broad SMARTS) is 1. The minimum absolute atomic E-state index is 0.0554. The maximum atomic E-state index is 13.2. The Hall–Kier alpha value is -1.62. The average Bonchev–Trinajstić information content (AvgIpc) is 2.32. The van der Waals surface area contributed by atoms with Gasteiger partial charge in [0.2, 0.25) is 0 Å². The van der Waals surface area contributed by atoms with Gasteiger partial charge in [-0.2, -0.15) is 0 Å². The molecule has 0 bridgehead atoms. The van der Waals surface area contributed by atoms with Crippen molar-refractivity contribution in [1.29, 1.82) is 0 Å². The predicted octanol–water partition coefficient (Wildman–Crippen LogP) is 2.42. The number of carboxylic acids is 1. The Morgan fingerprint density at radius 3 is 2.61 bits per heavy atom. The van der Waals surface area contributed by atoms with Crippen LogP contribution in [-0.4, -0.2) is 35.0 Å². The van der Waals surface area contributed by atoms with Crippen molar-refractivity contribution < 1.29 is 19.1 Å². The summed E-state index contributed by atoms with van der Waals surface area (Å²) in [6.45, 7) is 2.18. The lowest BCUT2D eigenvalue weighted by molar-refractivity contribution is -0.137. The van der Waals surface area contributed by atoms with Crippen LogP contribution in [0, 0.1) is 5.82 Å². The molecule has 0 atom stereocenters. The Labute approximate surface area is 109 Å². The zero-order valence-corrected chi connectivity index (χ0v) is 10.6. The lowest BCUT2D eigenvalue weighted by Crippen LogP contribution is -2.32. The molecule has 0 heterocycles. The van der Waals surface area contributed by atoms with E-state index in [1.54, 1.807) is 6.92 Å². The van der Waals surface area contributed by atoms with Crippen LogP contribution in [-0.2, 0) is 4.79 Å². The summed E-state index contributed by atoms with van der Waals surface area (Å²) < 4.78 is 13.2. The predicted molar refractivity (Wildman–Crippen MR) is 65.2 cm³/mol. The number of hydrogen-bond acceptors (Lipinski definition) is 2. The highest BCUT2D eigenvalue weighted by Gasteiger charge is 2.16. The van der Waals surface area contributed by atoms with Crippen LogP contribution >= 0.6 is 11.6 Å². The molecule has 0 unspecified atom stereocenters. The summed E-state index contributed by atoms with van der Waals surface area (Å²) in [5.41, 5.74) is 0.157. The van der Waals surface area contributed by atoms with Crippen molar-refractivity contribution in [3.63, 3.8) is 0 Å². The summed E-state index contributed by atoms with van der Waals surface area (Å²) >= 11 is 5.52. The second-order valence-electron chi connectivity index (χ2n) is 3.66.